The summed E-state index contributed by atoms with van der Waals surface area (Å²) in [4.78, 5) is 24.0. The van der Waals surface area contributed by atoms with Gasteiger partial charge in [0.25, 0.3) is 0 Å². The summed E-state index contributed by atoms with van der Waals surface area (Å²) in [6, 6.07) is 0.193. The van der Waals surface area contributed by atoms with E-state index in [1.807, 2.05) is 0 Å². The summed E-state index contributed by atoms with van der Waals surface area (Å²) < 4.78 is 0. The molecule has 0 aromatic carbocycles. The lowest BCUT2D eigenvalue weighted by Gasteiger charge is -2.16. The highest BCUT2D eigenvalue weighted by atomic mass is 16.2. The Kier molecular flexibility index (Phi) is 2.54. The fourth-order valence-corrected chi connectivity index (χ4v) is 2.26. The molecule has 0 radical (unpaired) electrons. The lowest BCUT2D eigenvalue weighted by molar-refractivity contribution is -0.137. The second-order valence-corrected chi connectivity index (χ2v) is 4.20. The normalized spacial score (nSPS) is 29.2. The van der Waals surface area contributed by atoms with Gasteiger partial charge in [-0.1, -0.05) is 12.8 Å². The monoisotopic (exact) mass is 196 g/mol. The van der Waals surface area contributed by atoms with Gasteiger partial charge in [-0.25, -0.2) is 0 Å². The van der Waals surface area contributed by atoms with Gasteiger partial charge in [0, 0.05) is 13.1 Å². The summed E-state index contributed by atoms with van der Waals surface area (Å²) in [5, 5.41) is 3.28. The number of carbonyl (C=O) groups excluding carboxylic acids is 2. The molecule has 14 heavy (non-hydrogen) atoms. The van der Waals surface area contributed by atoms with E-state index in [4.69, 9.17) is 0 Å². The van der Waals surface area contributed by atoms with Gasteiger partial charge >= 0.3 is 0 Å². The first kappa shape index (κ1) is 9.65. The standard InChI is InChI=1S/C10H16N2O2/c1-12-9(13)6-8(10(12)14)11-7-4-2-3-5-7/h7-8,11H,2-6H2,1H3. The highest BCUT2D eigenvalue weighted by Crippen LogP contribution is 2.20. The molecule has 1 atom stereocenters. The molecule has 0 spiro atoms. The van der Waals surface area contributed by atoms with E-state index < -0.39 is 0 Å². The highest BCUT2D eigenvalue weighted by Gasteiger charge is 2.37. The molecule has 1 aliphatic heterocycles. The molecule has 2 amide bonds. The van der Waals surface area contributed by atoms with Crippen LogP contribution >= 0.6 is 0 Å². The number of nitrogens with one attached hydrogen (secondary N) is 1. The third-order valence-corrected chi connectivity index (χ3v) is 3.17. The lowest BCUT2D eigenvalue weighted by Crippen LogP contribution is -2.41. The number of hydrogen-bond acceptors (Lipinski definition) is 3. The van der Waals surface area contributed by atoms with Gasteiger partial charge in [-0.05, 0) is 12.8 Å². The Morgan fingerprint density at radius 1 is 1.29 bits per heavy atom. The minimum atomic E-state index is -0.254. The van der Waals surface area contributed by atoms with Crippen LogP contribution in [0.15, 0.2) is 0 Å². The van der Waals surface area contributed by atoms with Crippen LogP contribution in [0.1, 0.15) is 32.1 Å². The summed E-state index contributed by atoms with van der Waals surface area (Å²) in [5.41, 5.74) is 0. The van der Waals surface area contributed by atoms with Crippen LogP contribution in [0, 0.1) is 0 Å². The van der Waals surface area contributed by atoms with E-state index in [1.54, 1.807) is 7.05 Å². The molecule has 2 aliphatic rings. The maximum Gasteiger partial charge on any atom is 0.246 e. The molecule has 0 bridgehead atoms. The zero-order chi connectivity index (χ0) is 10.1. The third kappa shape index (κ3) is 1.66. The Balaban J connectivity index is 1.92. The van der Waals surface area contributed by atoms with E-state index in [-0.39, 0.29) is 17.9 Å². The molecule has 1 saturated heterocycles. The van der Waals surface area contributed by atoms with Crippen molar-refractivity contribution in [2.45, 2.75) is 44.2 Å². The van der Waals surface area contributed by atoms with Crippen molar-refractivity contribution in [2.75, 3.05) is 7.05 Å². The molecule has 1 heterocycles. The molecule has 78 valence electrons. The quantitative estimate of drug-likeness (QED) is 0.645. The molecule has 4 nitrogen and oxygen atoms in total. The van der Waals surface area contributed by atoms with Crippen molar-refractivity contribution in [1.29, 1.82) is 0 Å². The number of rotatable bonds is 2. The number of nitrogens with zero attached hydrogens (tertiary/aromatic N) is 1. The zero-order valence-electron chi connectivity index (χ0n) is 8.45. The molecule has 2 fully saturated rings. The van der Waals surface area contributed by atoms with Gasteiger partial charge < -0.3 is 5.32 Å². The van der Waals surface area contributed by atoms with E-state index in [1.165, 1.54) is 17.7 Å². The predicted molar refractivity (Wildman–Crippen MR) is 51.6 cm³/mol. The summed E-state index contributed by atoms with van der Waals surface area (Å²) in [7, 11) is 1.56. The summed E-state index contributed by atoms with van der Waals surface area (Å²) >= 11 is 0. The van der Waals surface area contributed by atoms with Crippen LogP contribution in [0.25, 0.3) is 0 Å². The van der Waals surface area contributed by atoms with Crippen molar-refractivity contribution in [3.8, 4) is 0 Å². The van der Waals surface area contributed by atoms with Gasteiger partial charge in [-0.3, -0.25) is 14.5 Å². The van der Waals surface area contributed by atoms with E-state index in [0.717, 1.165) is 12.8 Å². The molecule has 0 aromatic heterocycles. The van der Waals surface area contributed by atoms with Crippen molar-refractivity contribution in [1.82, 2.24) is 10.2 Å². The van der Waals surface area contributed by atoms with Crippen LogP contribution in [0.4, 0.5) is 0 Å². The Morgan fingerprint density at radius 3 is 2.43 bits per heavy atom. The first-order valence-electron chi connectivity index (χ1n) is 5.25. The minimum absolute atomic E-state index is 0.0644. The maximum absolute atomic E-state index is 11.5. The van der Waals surface area contributed by atoms with Crippen LogP contribution in [0.3, 0.4) is 0 Å². The fraction of sp³-hybridized carbons (Fsp3) is 0.800. The van der Waals surface area contributed by atoms with Gasteiger partial charge in [0.15, 0.2) is 0 Å². The molecule has 1 unspecified atom stereocenters. The fourth-order valence-electron chi connectivity index (χ4n) is 2.26. The SMILES string of the molecule is CN1C(=O)CC(NC2CCCC2)C1=O. The van der Waals surface area contributed by atoms with Gasteiger partial charge in [-0.2, -0.15) is 0 Å². The molecular weight excluding hydrogens is 180 g/mol. The predicted octanol–water partition coefficient (Wildman–Crippen LogP) is 0.276. The van der Waals surface area contributed by atoms with E-state index in [2.05, 4.69) is 5.32 Å². The number of hydrogen-bond donors (Lipinski definition) is 1. The Labute approximate surface area is 83.6 Å². The summed E-state index contributed by atoms with van der Waals surface area (Å²) in [6.07, 6.45) is 5.10. The van der Waals surface area contributed by atoms with Gasteiger partial charge in [-0.15, -0.1) is 0 Å². The minimum Gasteiger partial charge on any atom is -0.303 e. The van der Waals surface area contributed by atoms with E-state index >= 15 is 0 Å². The van der Waals surface area contributed by atoms with Gasteiger partial charge in [0.1, 0.15) is 0 Å². The van der Waals surface area contributed by atoms with Crippen molar-refractivity contribution in [2.24, 2.45) is 0 Å². The molecule has 0 aromatic rings. The molecule has 2 rings (SSSR count). The van der Waals surface area contributed by atoms with Gasteiger partial charge in [0.2, 0.25) is 11.8 Å². The summed E-state index contributed by atoms with van der Waals surface area (Å²) in [5.74, 6) is -0.132. The third-order valence-electron chi connectivity index (χ3n) is 3.17. The topological polar surface area (TPSA) is 49.4 Å². The van der Waals surface area contributed by atoms with Crippen LogP contribution in [-0.4, -0.2) is 35.8 Å². The molecule has 1 saturated carbocycles. The van der Waals surface area contributed by atoms with Crippen LogP contribution < -0.4 is 5.32 Å². The highest BCUT2D eigenvalue weighted by molar-refractivity contribution is 6.05. The first-order valence-corrected chi connectivity index (χ1v) is 5.25. The molecular formula is C10H16N2O2. The van der Waals surface area contributed by atoms with Crippen LogP contribution in [-0.2, 0) is 9.59 Å². The molecule has 1 N–H and O–H groups in total. The second-order valence-electron chi connectivity index (χ2n) is 4.20. The number of imide groups is 1. The number of carbonyl (C=O) groups is 2. The van der Waals surface area contributed by atoms with E-state index in [0.29, 0.717) is 12.5 Å². The number of amides is 2. The molecule has 1 aliphatic carbocycles. The maximum atomic E-state index is 11.5. The second kappa shape index (κ2) is 3.69. The largest absolute Gasteiger partial charge is 0.303 e. The average Bonchev–Trinajstić information content (AvgIpc) is 2.73. The molecule has 4 heteroatoms. The van der Waals surface area contributed by atoms with Gasteiger partial charge in [0.05, 0.1) is 12.5 Å². The number of likely N-dealkylation sites (N-methyl/N-ethyl adjacent to an activating group) is 1. The van der Waals surface area contributed by atoms with Crippen LogP contribution in [0.2, 0.25) is 0 Å². The van der Waals surface area contributed by atoms with Crippen LogP contribution in [0.5, 0.6) is 0 Å². The van der Waals surface area contributed by atoms with Crippen molar-refractivity contribution < 1.29 is 9.59 Å². The Bertz CT molecular complexity index is 259. The van der Waals surface area contributed by atoms with Crippen molar-refractivity contribution in [3.05, 3.63) is 0 Å². The summed E-state index contributed by atoms with van der Waals surface area (Å²) in [6.45, 7) is 0. The smallest absolute Gasteiger partial charge is 0.246 e. The Morgan fingerprint density at radius 2 is 1.93 bits per heavy atom. The van der Waals surface area contributed by atoms with E-state index in [9.17, 15) is 9.59 Å². The average molecular weight is 196 g/mol. The zero-order valence-corrected chi connectivity index (χ0v) is 8.45. The lowest BCUT2D eigenvalue weighted by atomic mass is 10.2. The first-order chi connectivity index (χ1) is 6.68. The Hall–Kier alpha value is -0.900. The van der Waals surface area contributed by atoms with Crippen molar-refractivity contribution >= 4 is 11.8 Å². The number of likely N-dealkylation sites (tertiary alicyclic amines) is 1. The van der Waals surface area contributed by atoms with Crippen molar-refractivity contribution in [3.63, 3.8) is 0 Å².